The van der Waals surface area contributed by atoms with Crippen molar-refractivity contribution >= 4 is 23.4 Å². The monoisotopic (exact) mass is 231 g/mol. The molecule has 0 aliphatic heterocycles. The molecule has 0 heterocycles. The Kier molecular flexibility index (Phi) is 2.78. The van der Waals surface area contributed by atoms with Crippen molar-refractivity contribution in [3.63, 3.8) is 0 Å². The highest BCUT2D eigenvalue weighted by Crippen LogP contribution is 2.24. The Bertz CT molecular complexity index is 529. The molecule has 0 atom stereocenters. The Labute approximate surface area is 98.2 Å². The van der Waals surface area contributed by atoms with Gasteiger partial charge in [-0.25, -0.2) is 4.99 Å². The predicted octanol–water partition coefficient (Wildman–Crippen LogP) is -0.426. The molecular weight excluding hydrogens is 218 g/mol. The van der Waals surface area contributed by atoms with E-state index in [0.29, 0.717) is 18.5 Å². The molecule has 1 aromatic carbocycles. The highest BCUT2D eigenvalue weighted by atomic mass is 16.1. The molecule has 1 aliphatic rings. The third-order valence-corrected chi connectivity index (χ3v) is 2.45. The van der Waals surface area contributed by atoms with Crippen LogP contribution in [0, 0.1) is 0 Å². The Morgan fingerprint density at radius 1 is 1.12 bits per heavy atom. The summed E-state index contributed by atoms with van der Waals surface area (Å²) in [5, 5.41) is 0. The summed E-state index contributed by atoms with van der Waals surface area (Å²) in [4.78, 5) is 18.9. The second kappa shape index (κ2) is 4.25. The molecule has 1 aromatic rings. The smallest absolute Gasteiger partial charge is 0.223 e. The lowest BCUT2D eigenvalue weighted by atomic mass is 10.1. The molecule has 17 heavy (non-hydrogen) atoms. The maximum absolute atomic E-state index is 11.3. The SMILES string of the molecule is NC(N)=NC(N)=Nc1ccc2c(c1)CC(=O)C2. The number of nitrogens with zero attached hydrogens (tertiary/aromatic N) is 2. The second-order valence-corrected chi connectivity index (χ2v) is 3.85. The van der Waals surface area contributed by atoms with Gasteiger partial charge >= 0.3 is 0 Å². The molecule has 0 fully saturated rings. The van der Waals surface area contributed by atoms with Crippen molar-refractivity contribution < 1.29 is 4.79 Å². The third kappa shape index (κ3) is 2.60. The maximum Gasteiger partial charge on any atom is 0.223 e. The molecule has 88 valence electrons. The summed E-state index contributed by atoms with van der Waals surface area (Å²) in [6, 6.07) is 5.49. The number of benzene rings is 1. The minimum absolute atomic E-state index is 0.00530. The number of nitrogens with two attached hydrogens (primary N) is 3. The zero-order valence-corrected chi connectivity index (χ0v) is 9.18. The van der Waals surface area contributed by atoms with Crippen molar-refractivity contribution in [3.8, 4) is 0 Å². The first-order chi connectivity index (χ1) is 8.04. The summed E-state index contributed by atoms with van der Waals surface area (Å²) in [6.45, 7) is 0. The average Bonchev–Trinajstić information content (AvgIpc) is 2.55. The van der Waals surface area contributed by atoms with E-state index in [2.05, 4.69) is 9.98 Å². The van der Waals surface area contributed by atoms with Gasteiger partial charge < -0.3 is 17.2 Å². The van der Waals surface area contributed by atoms with Crippen LogP contribution in [0.4, 0.5) is 5.69 Å². The highest BCUT2D eigenvalue weighted by Gasteiger charge is 2.18. The van der Waals surface area contributed by atoms with Gasteiger partial charge in [0.2, 0.25) is 5.96 Å². The number of carbonyl (C=O) groups is 1. The van der Waals surface area contributed by atoms with Crippen LogP contribution in [0.25, 0.3) is 0 Å². The molecule has 0 radical (unpaired) electrons. The van der Waals surface area contributed by atoms with Crippen molar-refractivity contribution in [2.45, 2.75) is 12.8 Å². The molecule has 0 saturated carbocycles. The number of carbonyl (C=O) groups excluding carboxylic acids is 1. The summed E-state index contributed by atoms with van der Waals surface area (Å²) in [5.41, 5.74) is 18.6. The Morgan fingerprint density at radius 3 is 2.53 bits per heavy atom. The largest absolute Gasteiger partial charge is 0.370 e. The Balaban J connectivity index is 2.28. The summed E-state index contributed by atoms with van der Waals surface area (Å²) in [6.07, 6.45) is 0.962. The minimum Gasteiger partial charge on any atom is -0.370 e. The van der Waals surface area contributed by atoms with Crippen LogP contribution in [0.3, 0.4) is 0 Å². The number of aliphatic imine (C=N–C) groups is 2. The van der Waals surface area contributed by atoms with Crippen LogP contribution in [0.2, 0.25) is 0 Å². The fraction of sp³-hybridized carbons (Fsp3) is 0.182. The van der Waals surface area contributed by atoms with E-state index < -0.39 is 0 Å². The minimum atomic E-state index is -0.136. The van der Waals surface area contributed by atoms with Crippen molar-refractivity contribution in [2.24, 2.45) is 27.2 Å². The molecule has 2 rings (SSSR count). The molecule has 6 heteroatoms. The molecule has 0 saturated heterocycles. The van der Waals surface area contributed by atoms with Gasteiger partial charge in [0.15, 0.2) is 5.96 Å². The van der Waals surface area contributed by atoms with E-state index in [-0.39, 0.29) is 17.7 Å². The van der Waals surface area contributed by atoms with E-state index in [1.807, 2.05) is 12.1 Å². The predicted molar refractivity (Wildman–Crippen MR) is 65.9 cm³/mol. The molecule has 6 N–H and O–H groups in total. The molecule has 1 aliphatic carbocycles. The van der Waals surface area contributed by atoms with Gasteiger partial charge in [0.1, 0.15) is 5.78 Å². The zero-order chi connectivity index (χ0) is 12.4. The number of rotatable bonds is 1. The number of Topliss-reactive ketones (excluding diaryl/α,β-unsaturated/α-hetero) is 1. The van der Waals surface area contributed by atoms with E-state index in [4.69, 9.17) is 17.2 Å². The van der Waals surface area contributed by atoms with Crippen LogP contribution in [-0.2, 0) is 17.6 Å². The van der Waals surface area contributed by atoms with Gasteiger partial charge in [-0.15, -0.1) is 0 Å². The maximum atomic E-state index is 11.3. The van der Waals surface area contributed by atoms with Crippen LogP contribution >= 0.6 is 0 Å². The molecule has 6 nitrogen and oxygen atoms in total. The second-order valence-electron chi connectivity index (χ2n) is 3.85. The van der Waals surface area contributed by atoms with E-state index in [0.717, 1.165) is 11.1 Å². The van der Waals surface area contributed by atoms with E-state index in [1.165, 1.54) is 0 Å². The molecular formula is C11H13N5O. The van der Waals surface area contributed by atoms with Gasteiger partial charge in [0.05, 0.1) is 5.69 Å². The molecule has 0 aromatic heterocycles. The molecule has 0 unspecified atom stereocenters. The number of fused-ring (bicyclic) bond motifs is 1. The van der Waals surface area contributed by atoms with Gasteiger partial charge in [-0.2, -0.15) is 4.99 Å². The Morgan fingerprint density at radius 2 is 1.82 bits per heavy atom. The average molecular weight is 231 g/mol. The van der Waals surface area contributed by atoms with Gasteiger partial charge in [0.25, 0.3) is 0 Å². The van der Waals surface area contributed by atoms with Gasteiger partial charge in [-0.3, -0.25) is 4.79 Å². The third-order valence-electron chi connectivity index (χ3n) is 2.45. The lowest BCUT2D eigenvalue weighted by molar-refractivity contribution is -0.117. The molecule has 0 spiro atoms. The quantitative estimate of drug-likeness (QED) is 0.448. The van der Waals surface area contributed by atoms with Crippen LogP contribution in [0.15, 0.2) is 28.2 Å². The lowest BCUT2D eigenvalue weighted by Gasteiger charge is -2.00. The van der Waals surface area contributed by atoms with Gasteiger partial charge in [-0.05, 0) is 23.3 Å². The van der Waals surface area contributed by atoms with Crippen LogP contribution in [0.1, 0.15) is 11.1 Å². The summed E-state index contributed by atoms with van der Waals surface area (Å²) in [5.74, 6) is 0.0789. The number of hydrogen-bond donors (Lipinski definition) is 3. The van der Waals surface area contributed by atoms with Crippen LogP contribution in [-0.4, -0.2) is 17.7 Å². The van der Waals surface area contributed by atoms with Gasteiger partial charge in [0, 0.05) is 12.8 Å². The number of hydrogen-bond acceptors (Lipinski definition) is 2. The Hall–Kier alpha value is -2.37. The lowest BCUT2D eigenvalue weighted by Crippen LogP contribution is -2.26. The number of ketones is 1. The summed E-state index contributed by atoms with van der Waals surface area (Å²) >= 11 is 0. The first-order valence-electron chi connectivity index (χ1n) is 5.12. The van der Waals surface area contributed by atoms with Crippen molar-refractivity contribution in [3.05, 3.63) is 29.3 Å². The van der Waals surface area contributed by atoms with Gasteiger partial charge in [-0.1, -0.05) is 6.07 Å². The summed E-state index contributed by atoms with van der Waals surface area (Å²) in [7, 11) is 0. The molecule has 0 amide bonds. The topological polar surface area (TPSA) is 120 Å². The normalized spacial score (nSPS) is 14.6. The molecule has 0 bridgehead atoms. The fourth-order valence-electron chi connectivity index (χ4n) is 1.80. The van der Waals surface area contributed by atoms with Crippen molar-refractivity contribution in [1.82, 2.24) is 0 Å². The van der Waals surface area contributed by atoms with Crippen LogP contribution in [0.5, 0.6) is 0 Å². The standard InChI is InChI=1S/C11H13N5O/c12-10(13)16-11(14)15-8-2-1-6-4-9(17)5-7(6)3-8/h1-3H,4-5H2,(H6,12,13,14,15,16). The summed E-state index contributed by atoms with van der Waals surface area (Å²) < 4.78 is 0. The van der Waals surface area contributed by atoms with E-state index >= 15 is 0 Å². The first-order valence-corrected chi connectivity index (χ1v) is 5.12. The zero-order valence-electron chi connectivity index (χ0n) is 9.18. The van der Waals surface area contributed by atoms with Crippen LogP contribution < -0.4 is 17.2 Å². The fourth-order valence-corrected chi connectivity index (χ4v) is 1.80. The van der Waals surface area contributed by atoms with Crippen molar-refractivity contribution in [2.75, 3.05) is 0 Å². The van der Waals surface area contributed by atoms with Crippen molar-refractivity contribution in [1.29, 1.82) is 0 Å². The van der Waals surface area contributed by atoms with E-state index in [1.54, 1.807) is 6.07 Å². The highest BCUT2D eigenvalue weighted by molar-refractivity contribution is 5.94. The number of guanidine groups is 2. The first kappa shape index (κ1) is 11.1. The van der Waals surface area contributed by atoms with E-state index in [9.17, 15) is 4.79 Å².